The van der Waals surface area contributed by atoms with Crippen LogP contribution in [0.4, 0.5) is 0 Å². The number of rotatable bonds is 9. The van der Waals surface area contributed by atoms with Crippen molar-refractivity contribution in [1.29, 1.82) is 0 Å². The van der Waals surface area contributed by atoms with E-state index in [1.165, 1.54) is 17.3 Å². The first kappa shape index (κ1) is 21.3. The summed E-state index contributed by atoms with van der Waals surface area (Å²) < 4.78 is 8.95. The number of carbonyl (C=O) groups excluding carboxylic acids is 1. The van der Waals surface area contributed by atoms with E-state index in [0.29, 0.717) is 17.7 Å². The second-order valence-electron chi connectivity index (χ2n) is 7.26. The topological polar surface area (TPSA) is 74.8 Å². The maximum Gasteiger partial charge on any atom is 0.214 e. The third kappa shape index (κ3) is 4.76. The van der Waals surface area contributed by atoms with Crippen LogP contribution >= 0.6 is 11.8 Å². The lowest BCUT2D eigenvalue weighted by Gasteiger charge is -2.09. The standard InChI is InChI=1S/C21H27N5O2S/c1-14(2)17-6-8-18(9-7-17)26-21(22-23-24-26)29-13-20(27)19-12-15(3)25(16(19)4)10-11-28-5/h6-9,12,14H,10-11,13H2,1-5H3. The van der Waals surface area contributed by atoms with Crippen LogP contribution in [0.3, 0.4) is 0 Å². The molecule has 0 aliphatic rings. The Balaban J connectivity index is 1.71. The summed E-state index contributed by atoms with van der Waals surface area (Å²) in [5.74, 6) is 0.808. The average molecular weight is 414 g/mol. The first-order chi connectivity index (χ1) is 13.9. The number of hydrogen-bond donors (Lipinski definition) is 0. The molecular weight excluding hydrogens is 386 g/mol. The number of methoxy groups -OCH3 is 1. The molecule has 0 N–H and O–H groups in total. The van der Waals surface area contributed by atoms with Crippen LogP contribution < -0.4 is 0 Å². The zero-order valence-corrected chi connectivity index (χ0v) is 18.4. The quantitative estimate of drug-likeness (QED) is 0.392. The van der Waals surface area contributed by atoms with Crippen LogP contribution in [0.2, 0.25) is 0 Å². The van der Waals surface area contributed by atoms with Crippen LogP contribution in [-0.4, -0.2) is 50.0 Å². The predicted octanol–water partition coefficient (Wildman–Crippen LogP) is 3.83. The number of thioether (sulfide) groups is 1. The minimum atomic E-state index is 0.0662. The smallest absolute Gasteiger partial charge is 0.214 e. The van der Waals surface area contributed by atoms with E-state index in [9.17, 15) is 4.79 Å². The van der Waals surface area contributed by atoms with Gasteiger partial charge in [-0.15, -0.1) is 5.10 Å². The van der Waals surface area contributed by atoms with Crippen LogP contribution in [-0.2, 0) is 11.3 Å². The number of ketones is 1. The lowest BCUT2D eigenvalue weighted by molar-refractivity contribution is 0.102. The van der Waals surface area contributed by atoms with Gasteiger partial charge in [-0.1, -0.05) is 37.7 Å². The van der Waals surface area contributed by atoms with Crippen LogP contribution in [0.15, 0.2) is 35.5 Å². The number of tetrazole rings is 1. The van der Waals surface area contributed by atoms with Gasteiger partial charge in [-0.05, 0) is 54.0 Å². The van der Waals surface area contributed by atoms with Crippen molar-refractivity contribution in [2.75, 3.05) is 19.5 Å². The number of aryl methyl sites for hydroxylation is 1. The van der Waals surface area contributed by atoms with Crippen molar-refractivity contribution in [2.24, 2.45) is 0 Å². The summed E-state index contributed by atoms with van der Waals surface area (Å²) in [5.41, 5.74) is 4.91. The van der Waals surface area contributed by atoms with E-state index in [-0.39, 0.29) is 11.5 Å². The Labute approximate surface area is 175 Å². The lowest BCUT2D eigenvalue weighted by Crippen LogP contribution is -2.10. The predicted molar refractivity (Wildman–Crippen MR) is 114 cm³/mol. The molecule has 2 aromatic heterocycles. The Morgan fingerprint density at radius 3 is 2.59 bits per heavy atom. The van der Waals surface area contributed by atoms with Crippen LogP contribution in [0.1, 0.15) is 47.1 Å². The lowest BCUT2D eigenvalue weighted by atomic mass is 10.0. The highest BCUT2D eigenvalue weighted by molar-refractivity contribution is 7.99. The molecule has 0 bridgehead atoms. The second-order valence-corrected chi connectivity index (χ2v) is 8.20. The number of nitrogens with zero attached hydrogens (tertiary/aromatic N) is 5. The SMILES string of the molecule is COCCn1c(C)cc(C(=O)CSc2nnnn2-c2ccc(C(C)C)cc2)c1C. The van der Waals surface area contributed by atoms with Crippen molar-refractivity contribution in [3.05, 3.63) is 52.8 Å². The van der Waals surface area contributed by atoms with E-state index in [2.05, 4.69) is 46.1 Å². The fraction of sp³-hybridized carbons (Fsp3) is 0.429. The van der Waals surface area contributed by atoms with E-state index < -0.39 is 0 Å². The fourth-order valence-corrected chi connectivity index (χ4v) is 4.02. The number of aromatic nitrogens is 5. The molecular formula is C21H27N5O2S. The van der Waals surface area contributed by atoms with Gasteiger partial charge in [-0.2, -0.15) is 4.68 Å². The molecule has 0 saturated heterocycles. The van der Waals surface area contributed by atoms with Crippen LogP contribution in [0.25, 0.3) is 5.69 Å². The van der Waals surface area contributed by atoms with E-state index in [1.54, 1.807) is 11.8 Å². The molecule has 29 heavy (non-hydrogen) atoms. The van der Waals surface area contributed by atoms with E-state index in [1.807, 2.05) is 32.0 Å². The maximum atomic E-state index is 12.8. The normalized spacial score (nSPS) is 11.4. The van der Waals surface area contributed by atoms with Gasteiger partial charge in [0.1, 0.15) is 0 Å². The Kier molecular flexibility index (Phi) is 6.87. The monoisotopic (exact) mass is 413 g/mol. The van der Waals surface area contributed by atoms with Crippen molar-refractivity contribution >= 4 is 17.5 Å². The van der Waals surface area contributed by atoms with Gasteiger partial charge in [0.15, 0.2) is 5.78 Å². The van der Waals surface area contributed by atoms with Gasteiger partial charge in [0, 0.05) is 30.6 Å². The summed E-state index contributed by atoms with van der Waals surface area (Å²) in [6.45, 7) is 9.65. The molecule has 0 unspecified atom stereocenters. The number of carbonyl (C=O) groups is 1. The molecule has 0 aliphatic heterocycles. The summed E-state index contributed by atoms with van der Waals surface area (Å²) >= 11 is 1.35. The van der Waals surface area contributed by atoms with Gasteiger partial charge < -0.3 is 9.30 Å². The highest BCUT2D eigenvalue weighted by atomic mass is 32.2. The molecule has 0 saturated carbocycles. The minimum absolute atomic E-state index is 0.0662. The molecule has 0 aliphatic carbocycles. The summed E-state index contributed by atoms with van der Waals surface area (Å²) in [4.78, 5) is 12.8. The average Bonchev–Trinajstić information content (AvgIpc) is 3.29. The molecule has 1 aromatic carbocycles. The number of ether oxygens (including phenoxy) is 1. The summed E-state index contributed by atoms with van der Waals surface area (Å²) in [6, 6.07) is 10.1. The molecule has 3 rings (SSSR count). The van der Waals surface area contributed by atoms with Gasteiger partial charge in [-0.3, -0.25) is 4.79 Å². The van der Waals surface area contributed by atoms with Crippen molar-refractivity contribution in [2.45, 2.75) is 45.3 Å². The summed E-state index contributed by atoms with van der Waals surface area (Å²) in [6.07, 6.45) is 0. The van der Waals surface area contributed by atoms with Crippen LogP contribution in [0.5, 0.6) is 0 Å². The molecule has 154 valence electrons. The maximum absolute atomic E-state index is 12.8. The molecule has 2 heterocycles. The van der Waals surface area contributed by atoms with Gasteiger partial charge in [0.05, 0.1) is 18.0 Å². The van der Waals surface area contributed by atoms with Gasteiger partial charge >= 0.3 is 0 Å². The van der Waals surface area contributed by atoms with Crippen molar-refractivity contribution < 1.29 is 9.53 Å². The van der Waals surface area contributed by atoms with Gasteiger partial charge in [0.2, 0.25) is 5.16 Å². The Bertz CT molecular complexity index is 976. The molecule has 0 spiro atoms. The molecule has 3 aromatic rings. The van der Waals surface area contributed by atoms with E-state index in [4.69, 9.17) is 4.74 Å². The van der Waals surface area contributed by atoms with Crippen molar-refractivity contribution in [1.82, 2.24) is 24.8 Å². The number of hydrogen-bond acceptors (Lipinski definition) is 6. The van der Waals surface area contributed by atoms with Crippen LogP contribution in [0, 0.1) is 13.8 Å². The van der Waals surface area contributed by atoms with Gasteiger partial charge in [-0.25, -0.2) is 0 Å². The zero-order chi connectivity index (χ0) is 21.0. The molecule has 0 radical (unpaired) electrons. The first-order valence-corrected chi connectivity index (χ1v) is 10.6. The Morgan fingerprint density at radius 1 is 1.21 bits per heavy atom. The van der Waals surface area contributed by atoms with Crippen molar-refractivity contribution in [3.63, 3.8) is 0 Å². The molecule has 7 nitrogen and oxygen atoms in total. The molecule has 0 amide bonds. The first-order valence-electron chi connectivity index (χ1n) is 9.62. The number of Topliss-reactive ketones (excluding diaryl/α,β-unsaturated/α-hetero) is 1. The number of benzene rings is 1. The second kappa shape index (κ2) is 9.37. The molecule has 0 fully saturated rings. The molecule has 8 heteroatoms. The third-order valence-electron chi connectivity index (χ3n) is 4.97. The third-order valence-corrected chi connectivity index (χ3v) is 5.89. The minimum Gasteiger partial charge on any atom is -0.383 e. The highest BCUT2D eigenvalue weighted by Crippen LogP contribution is 2.23. The van der Waals surface area contributed by atoms with Crippen molar-refractivity contribution in [3.8, 4) is 5.69 Å². The summed E-state index contributed by atoms with van der Waals surface area (Å²) in [7, 11) is 1.68. The largest absolute Gasteiger partial charge is 0.383 e. The van der Waals surface area contributed by atoms with E-state index in [0.717, 1.165) is 29.2 Å². The Morgan fingerprint density at radius 2 is 1.93 bits per heavy atom. The highest BCUT2D eigenvalue weighted by Gasteiger charge is 2.18. The molecule has 0 atom stereocenters. The fourth-order valence-electron chi connectivity index (χ4n) is 3.25. The summed E-state index contributed by atoms with van der Waals surface area (Å²) in [5, 5.41) is 12.6. The zero-order valence-electron chi connectivity index (χ0n) is 17.5. The Hall–Kier alpha value is -2.45. The van der Waals surface area contributed by atoms with E-state index >= 15 is 0 Å². The van der Waals surface area contributed by atoms with Gasteiger partial charge in [0.25, 0.3) is 0 Å².